The molecule has 0 aliphatic heterocycles. The van der Waals surface area contributed by atoms with Gasteiger partial charge in [0.25, 0.3) is 5.56 Å². The summed E-state index contributed by atoms with van der Waals surface area (Å²) in [4.78, 5) is 21.0. The first-order valence-corrected chi connectivity index (χ1v) is 6.46. The van der Waals surface area contributed by atoms with Gasteiger partial charge in [0.15, 0.2) is 0 Å². The SMILES string of the molecule is CCc1sc2nc(C(C)Cl)[nH]c(=O)c2c1C. The number of nitrogens with zero attached hydrogens (tertiary/aromatic N) is 1. The highest BCUT2D eigenvalue weighted by Crippen LogP contribution is 2.28. The van der Waals surface area contributed by atoms with E-state index in [9.17, 15) is 4.79 Å². The summed E-state index contributed by atoms with van der Waals surface area (Å²) in [5.74, 6) is 0.545. The number of halogens is 1. The van der Waals surface area contributed by atoms with Crippen LogP contribution in [0.4, 0.5) is 0 Å². The van der Waals surface area contributed by atoms with Gasteiger partial charge in [0, 0.05) is 4.88 Å². The van der Waals surface area contributed by atoms with Crippen LogP contribution in [0.5, 0.6) is 0 Å². The van der Waals surface area contributed by atoms with Crippen LogP contribution < -0.4 is 5.56 Å². The Morgan fingerprint density at radius 1 is 1.56 bits per heavy atom. The van der Waals surface area contributed by atoms with Crippen LogP contribution in [0.15, 0.2) is 4.79 Å². The highest BCUT2D eigenvalue weighted by molar-refractivity contribution is 7.18. The first-order valence-electron chi connectivity index (χ1n) is 5.20. The number of aromatic nitrogens is 2. The highest BCUT2D eigenvalue weighted by atomic mass is 35.5. The second kappa shape index (κ2) is 4.18. The van der Waals surface area contributed by atoms with Crippen molar-refractivity contribution in [2.45, 2.75) is 32.6 Å². The molecule has 1 N–H and O–H groups in total. The predicted molar refractivity (Wildman–Crippen MR) is 68.6 cm³/mol. The van der Waals surface area contributed by atoms with E-state index in [2.05, 4.69) is 16.9 Å². The van der Waals surface area contributed by atoms with E-state index in [4.69, 9.17) is 11.6 Å². The molecule has 0 amide bonds. The summed E-state index contributed by atoms with van der Waals surface area (Å²) in [7, 11) is 0. The van der Waals surface area contributed by atoms with Crippen LogP contribution in [0.3, 0.4) is 0 Å². The normalized spacial score (nSPS) is 13.2. The fourth-order valence-electron chi connectivity index (χ4n) is 1.73. The van der Waals surface area contributed by atoms with Gasteiger partial charge >= 0.3 is 0 Å². The van der Waals surface area contributed by atoms with E-state index >= 15 is 0 Å². The van der Waals surface area contributed by atoms with Crippen LogP contribution in [0.25, 0.3) is 10.2 Å². The van der Waals surface area contributed by atoms with Crippen LogP contribution in [0, 0.1) is 6.92 Å². The molecule has 1 atom stereocenters. The Hall–Kier alpha value is -0.870. The van der Waals surface area contributed by atoms with Gasteiger partial charge in [-0.15, -0.1) is 22.9 Å². The van der Waals surface area contributed by atoms with Gasteiger partial charge in [0.05, 0.1) is 10.8 Å². The third kappa shape index (κ3) is 1.76. The molecule has 2 rings (SSSR count). The standard InChI is InChI=1S/C11H13ClN2OS/c1-4-7-5(2)8-10(15)13-9(6(3)12)14-11(8)16-7/h6H,4H2,1-3H3,(H,13,14,15). The lowest BCUT2D eigenvalue weighted by molar-refractivity contribution is 0.916. The number of H-pyrrole nitrogens is 1. The number of alkyl halides is 1. The minimum Gasteiger partial charge on any atom is -0.309 e. The fraction of sp³-hybridized carbons (Fsp3) is 0.455. The van der Waals surface area contributed by atoms with Gasteiger partial charge in [0.2, 0.25) is 0 Å². The van der Waals surface area contributed by atoms with Crippen LogP contribution >= 0.6 is 22.9 Å². The molecule has 86 valence electrons. The van der Waals surface area contributed by atoms with Gasteiger partial charge in [-0.3, -0.25) is 4.79 Å². The molecule has 0 saturated heterocycles. The summed E-state index contributed by atoms with van der Waals surface area (Å²) in [6, 6.07) is 0. The number of aryl methyl sites for hydroxylation is 2. The molecule has 2 aromatic heterocycles. The Bertz CT molecular complexity index is 585. The van der Waals surface area contributed by atoms with Crippen molar-refractivity contribution in [3.8, 4) is 0 Å². The molecule has 2 aromatic rings. The number of fused-ring (bicyclic) bond motifs is 1. The summed E-state index contributed by atoms with van der Waals surface area (Å²) in [6.45, 7) is 5.85. The van der Waals surface area contributed by atoms with Crippen molar-refractivity contribution in [1.29, 1.82) is 0 Å². The summed E-state index contributed by atoms with van der Waals surface area (Å²) >= 11 is 7.51. The Morgan fingerprint density at radius 3 is 2.81 bits per heavy atom. The molecule has 0 bridgehead atoms. The first kappa shape index (κ1) is 11.6. The lowest BCUT2D eigenvalue weighted by Gasteiger charge is -2.01. The van der Waals surface area contributed by atoms with Gasteiger partial charge in [-0.25, -0.2) is 4.98 Å². The molecule has 1 unspecified atom stereocenters. The third-order valence-electron chi connectivity index (χ3n) is 2.62. The van der Waals surface area contributed by atoms with Crippen molar-refractivity contribution >= 4 is 33.2 Å². The van der Waals surface area contributed by atoms with Gasteiger partial charge < -0.3 is 4.98 Å². The van der Waals surface area contributed by atoms with Crippen LogP contribution in [-0.2, 0) is 6.42 Å². The van der Waals surface area contributed by atoms with E-state index in [0.29, 0.717) is 11.2 Å². The molecule has 0 fully saturated rings. The lowest BCUT2D eigenvalue weighted by atomic mass is 10.2. The number of hydrogen-bond donors (Lipinski definition) is 1. The molecule has 2 heterocycles. The first-order chi connectivity index (χ1) is 7.54. The van der Waals surface area contributed by atoms with E-state index in [1.807, 2.05) is 6.92 Å². The minimum atomic E-state index is -0.274. The smallest absolute Gasteiger partial charge is 0.259 e. The maximum absolute atomic E-state index is 11.9. The Morgan fingerprint density at radius 2 is 2.25 bits per heavy atom. The van der Waals surface area contributed by atoms with Crippen molar-refractivity contribution in [3.63, 3.8) is 0 Å². The minimum absolute atomic E-state index is 0.0825. The Balaban J connectivity index is 2.79. The molecular weight excluding hydrogens is 244 g/mol. The fourth-order valence-corrected chi connectivity index (χ4v) is 2.96. The van der Waals surface area contributed by atoms with Crippen molar-refractivity contribution in [2.75, 3.05) is 0 Å². The predicted octanol–water partition coefficient (Wildman–Crippen LogP) is 3.16. The Labute approximate surface area is 102 Å². The molecule has 0 aliphatic carbocycles. The molecule has 0 saturated carbocycles. The summed E-state index contributed by atoms with van der Waals surface area (Å²) in [6.07, 6.45) is 0.929. The van der Waals surface area contributed by atoms with E-state index < -0.39 is 0 Å². The average molecular weight is 257 g/mol. The van der Waals surface area contributed by atoms with Crippen molar-refractivity contribution < 1.29 is 0 Å². The van der Waals surface area contributed by atoms with E-state index in [0.717, 1.165) is 16.8 Å². The molecule has 0 aromatic carbocycles. The number of nitrogens with one attached hydrogen (secondary N) is 1. The molecular formula is C11H13ClN2OS. The monoisotopic (exact) mass is 256 g/mol. The van der Waals surface area contributed by atoms with Gasteiger partial charge in [-0.05, 0) is 25.8 Å². The van der Waals surface area contributed by atoms with Gasteiger partial charge in [0.1, 0.15) is 10.7 Å². The molecule has 3 nitrogen and oxygen atoms in total. The van der Waals surface area contributed by atoms with Crippen molar-refractivity contribution in [1.82, 2.24) is 9.97 Å². The van der Waals surface area contributed by atoms with Crippen molar-refractivity contribution in [3.05, 3.63) is 26.6 Å². The van der Waals surface area contributed by atoms with Crippen LogP contribution in [0.1, 0.15) is 35.5 Å². The summed E-state index contributed by atoms with van der Waals surface area (Å²) in [5, 5.41) is 0.437. The second-order valence-corrected chi connectivity index (χ2v) is 5.49. The molecule has 0 radical (unpaired) electrons. The van der Waals surface area contributed by atoms with E-state index in [1.54, 1.807) is 18.3 Å². The third-order valence-corrected chi connectivity index (χ3v) is 4.15. The number of aromatic amines is 1. The van der Waals surface area contributed by atoms with Gasteiger partial charge in [-0.2, -0.15) is 0 Å². The molecule has 5 heteroatoms. The zero-order valence-corrected chi connectivity index (χ0v) is 11.0. The maximum atomic E-state index is 11.9. The zero-order chi connectivity index (χ0) is 11.9. The molecule has 0 aliphatic rings. The van der Waals surface area contributed by atoms with Crippen LogP contribution in [-0.4, -0.2) is 9.97 Å². The summed E-state index contributed by atoms with van der Waals surface area (Å²) < 4.78 is 0. The van der Waals surface area contributed by atoms with E-state index in [-0.39, 0.29) is 10.9 Å². The quantitative estimate of drug-likeness (QED) is 0.839. The van der Waals surface area contributed by atoms with Crippen molar-refractivity contribution in [2.24, 2.45) is 0 Å². The number of hydrogen-bond acceptors (Lipinski definition) is 3. The zero-order valence-electron chi connectivity index (χ0n) is 9.43. The highest BCUT2D eigenvalue weighted by Gasteiger charge is 2.14. The van der Waals surface area contributed by atoms with E-state index in [1.165, 1.54) is 4.88 Å². The maximum Gasteiger partial charge on any atom is 0.259 e. The number of rotatable bonds is 2. The molecule has 0 spiro atoms. The second-order valence-electron chi connectivity index (χ2n) is 3.75. The molecule has 16 heavy (non-hydrogen) atoms. The summed E-state index contributed by atoms with van der Waals surface area (Å²) in [5.41, 5.74) is 0.964. The van der Waals surface area contributed by atoms with Crippen LogP contribution in [0.2, 0.25) is 0 Å². The average Bonchev–Trinajstić information content (AvgIpc) is 2.55. The lowest BCUT2D eigenvalue weighted by Crippen LogP contribution is -2.11. The largest absolute Gasteiger partial charge is 0.309 e. The number of thiophene rings is 1. The topological polar surface area (TPSA) is 45.8 Å². The van der Waals surface area contributed by atoms with Gasteiger partial charge in [-0.1, -0.05) is 6.92 Å². The Kier molecular flexibility index (Phi) is 3.04.